The van der Waals surface area contributed by atoms with Crippen molar-refractivity contribution < 1.29 is 50.2 Å². The van der Waals surface area contributed by atoms with Crippen LogP contribution in [0.25, 0.3) is 0 Å². The number of rotatable bonds is 6. The quantitative estimate of drug-likeness (QED) is 0.330. The van der Waals surface area contributed by atoms with E-state index in [2.05, 4.69) is 10.1 Å². The number of carbonyl (C=O) groups is 3. The molecule has 2 rings (SSSR count). The van der Waals surface area contributed by atoms with E-state index in [1.165, 1.54) is 13.0 Å². The van der Waals surface area contributed by atoms with Gasteiger partial charge in [-0.05, 0) is 31.7 Å². The topological polar surface area (TPSA) is 111 Å². The number of halogens is 6. The smallest absolute Gasteiger partial charge is 0.383 e. The molecule has 188 valence electrons. The maximum absolute atomic E-state index is 12.4. The lowest BCUT2D eigenvalue weighted by molar-refractivity contribution is -0.200. The van der Waals surface area contributed by atoms with Crippen molar-refractivity contribution in [2.45, 2.75) is 56.7 Å². The third kappa shape index (κ3) is 8.27. The second-order valence-electron chi connectivity index (χ2n) is 8.09. The molecule has 0 bridgehead atoms. The summed E-state index contributed by atoms with van der Waals surface area (Å²) in [6.45, 7) is 0.353. The van der Waals surface area contributed by atoms with Gasteiger partial charge in [0.25, 0.3) is 0 Å². The molecule has 1 aliphatic heterocycles. The molecule has 1 amide bonds. The zero-order valence-corrected chi connectivity index (χ0v) is 17.7. The van der Waals surface area contributed by atoms with Gasteiger partial charge in [-0.3, -0.25) is 9.69 Å². The number of amides is 1. The van der Waals surface area contributed by atoms with Crippen LogP contribution < -0.4 is 11.1 Å². The Kier molecular flexibility index (Phi) is 8.88. The molecule has 8 nitrogen and oxygen atoms in total. The number of esters is 2. The molecule has 2 aliphatic rings. The number of nitrogens with zero attached hydrogens (tertiary/aromatic N) is 1. The van der Waals surface area contributed by atoms with Gasteiger partial charge in [0.05, 0.1) is 18.7 Å². The number of hydrogen-bond acceptors (Lipinski definition) is 7. The summed E-state index contributed by atoms with van der Waals surface area (Å²) in [4.78, 5) is 36.6. The highest BCUT2D eigenvalue weighted by atomic mass is 19.4. The van der Waals surface area contributed by atoms with Gasteiger partial charge >= 0.3 is 24.3 Å². The van der Waals surface area contributed by atoms with Crippen LogP contribution in [0.15, 0.2) is 11.6 Å². The Morgan fingerprint density at radius 2 is 1.88 bits per heavy atom. The molecule has 33 heavy (non-hydrogen) atoms. The molecule has 1 aliphatic carbocycles. The van der Waals surface area contributed by atoms with Gasteiger partial charge in [-0.25, -0.2) is 9.59 Å². The molecule has 1 fully saturated rings. The zero-order valence-electron chi connectivity index (χ0n) is 17.7. The van der Waals surface area contributed by atoms with Crippen LogP contribution in [0.3, 0.4) is 0 Å². The van der Waals surface area contributed by atoms with Crippen LogP contribution in [0.1, 0.15) is 26.2 Å². The fourth-order valence-electron chi connectivity index (χ4n) is 3.98. The van der Waals surface area contributed by atoms with Crippen molar-refractivity contribution in [2.24, 2.45) is 11.7 Å². The van der Waals surface area contributed by atoms with Crippen LogP contribution in [0.5, 0.6) is 0 Å². The van der Waals surface area contributed by atoms with E-state index >= 15 is 0 Å². The summed E-state index contributed by atoms with van der Waals surface area (Å²) in [5, 5.41) is 2.65. The van der Waals surface area contributed by atoms with Crippen molar-refractivity contribution in [2.75, 3.05) is 26.3 Å². The first-order valence-electron chi connectivity index (χ1n) is 10.1. The molecule has 4 atom stereocenters. The average Bonchev–Trinajstić information content (AvgIpc) is 2.67. The highest BCUT2D eigenvalue weighted by Gasteiger charge is 2.44. The van der Waals surface area contributed by atoms with Gasteiger partial charge in [0.15, 0.2) is 0 Å². The molecular weight excluding hydrogens is 464 g/mol. The van der Waals surface area contributed by atoms with Crippen molar-refractivity contribution >= 4 is 17.8 Å². The Morgan fingerprint density at radius 3 is 2.45 bits per heavy atom. The van der Waals surface area contributed by atoms with E-state index in [0.717, 1.165) is 0 Å². The Hall–Kier alpha value is -2.19. The molecule has 0 aromatic carbocycles. The van der Waals surface area contributed by atoms with Crippen molar-refractivity contribution in [3.05, 3.63) is 11.6 Å². The normalized spacial score (nSPS) is 27.0. The lowest BCUT2D eigenvalue weighted by Crippen LogP contribution is -2.62. The van der Waals surface area contributed by atoms with Crippen LogP contribution in [-0.4, -0.2) is 79.5 Å². The van der Waals surface area contributed by atoms with Gasteiger partial charge in [-0.15, -0.1) is 0 Å². The van der Waals surface area contributed by atoms with Crippen LogP contribution in [0, 0.1) is 5.92 Å². The maximum Gasteiger partial charge on any atom is 0.491 e. The van der Waals surface area contributed by atoms with Crippen LogP contribution in [-0.2, 0) is 23.9 Å². The Bertz CT molecular complexity index is 770. The molecule has 0 radical (unpaired) electrons. The molecule has 1 heterocycles. The number of nitrogens with two attached hydrogens (primary N) is 1. The number of hydrogen-bond donors (Lipinski definition) is 2. The van der Waals surface area contributed by atoms with Crippen molar-refractivity contribution in [1.29, 1.82) is 0 Å². The summed E-state index contributed by atoms with van der Waals surface area (Å²) in [5.41, 5.74) is 5.82. The molecule has 0 unspecified atom stereocenters. The minimum atomic E-state index is -5.36. The second-order valence-corrected chi connectivity index (χ2v) is 8.09. The summed E-state index contributed by atoms with van der Waals surface area (Å²) in [7, 11) is 0. The van der Waals surface area contributed by atoms with E-state index < -0.39 is 54.9 Å². The lowest BCUT2D eigenvalue weighted by atomic mass is 9.84. The first-order chi connectivity index (χ1) is 15.2. The first-order valence-corrected chi connectivity index (χ1v) is 10.1. The predicted octanol–water partition coefficient (Wildman–Crippen LogP) is 1.44. The van der Waals surface area contributed by atoms with Crippen molar-refractivity contribution in [3.63, 3.8) is 0 Å². The first kappa shape index (κ1) is 27.1. The van der Waals surface area contributed by atoms with Gasteiger partial charge in [0.2, 0.25) is 5.91 Å². The molecular formula is C19H25F6N3O5. The van der Waals surface area contributed by atoms with Crippen LogP contribution in [0.4, 0.5) is 26.3 Å². The van der Waals surface area contributed by atoms with Gasteiger partial charge in [0.1, 0.15) is 6.61 Å². The minimum absolute atomic E-state index is 0.168. The van der Waals surface area contributed by atoms with E-state index in [9.17, 15) is 40.7 Å². The molecule has 0 spiro atoms. The number of carbonyl (C=O) groups excluding carboxylic acids is 3. The second kappa shape index (κ2) is 10.8. The third-order valence-electron chi connectivity index (χ3n) is 5.30. The molecule has 0 aromatic heterocycles. The molecule has 0 aromatic rings. The predicted molar refractivity (Wildman–Crippen MR) is 100 cm³/mol. The van der Waals surface area contributed by atoms with Crippen LogP contribution in [0.2, 0.25) is 0 Å². The minimum Gasteiger partial charge on any atom is -0.383 e. The summed E-state index contributed by atoms with van der Waals surface area (Å²) in [6.07, 6.45) is -7.64. The largest absolute Gasteiger partial charge is 0.491 e. The summed E-state index contributed by atoms with van der Waals surface area (Å²) in [5.74, 6) is -4.88. The van der Waals surface area contributed by atoms with Crippen molar-refractivity contribution in [1.82, 2.24) is 10.2 Å². The fourth-order valence-corrected chi connectivity index (χ4v) is 3.98. The number of piperidine rings is 1. The highest BCUT2D eigenvalue weighted by Crippen LogP contribution is 2.28. The third-order valence-corrected chi connectivity index (χ3v) is 5.30. The Balaban J connectivity index is 2.18. The number of likely N-dealkylation sites (tertiary alicyclic amines) is 1. The number of nitrogens with one attached hydrogen (secondary N) is 1. The van der Waals surface area contributed by atoms with E-state index in [1.807, 2.05) is 0 Å². The number of alkyl halides is 6. The Morgan fingerprint density at radius 1 is 1.21 bits per heavy atom. The fraction of sp³-hybridized carbons (Fsp3) is 0.737. The van der Waals surface area contributed by atoms with Gasteiger partial charge in [0, 0.05) is 25.1 Å². The SMILES string of the molecule is CC(=O)N[C@H]1[C@H](N2CCC[C@H](COCC(F)(F)F)C2)C=C(C(=O)OC(=O)C(F)(F)F)C[C@@H]1N. The number of ether oxygens (including phenoxy) is 2. The molecule has 0 saturated carbocycles. The van der Waals surface area contributed by atoms with Gasteiger partial charge in [-0.2, -0.15) is 26.3 Å². The molecule has 1 saturated heterocycles. The maximum atomic E-state index is 12.4. The van der Waals surface area contributed by atoms with Gasteiger partial charge in [-0.1, -0.05) is 6.08 Å². The van der Waals surface area contributed by atoms with Gasteiger partial charge < -0.3 is 20.5 Å². The summed E-state index contributed by atoms with van der Waals surface area (Å²) in [6, 6.07) is -2.38. The standard InChI is InChI=1S/C19H25F6N3O5/c1-10(29)27-15-13(26)5-12(16(30)33-17(31)19(23,24)25)6-14(15)28-4-2-3-11(7-28)8-32-9-18(20,21)22/h6,11,13-15H,2-5,7-9,26H2,1H3,(H,27,29)/t11-,13-,14+,15+/m0/s1. The molecule has 14 heteroatoms. The Labute approximate surface area is 185 Å². The zero-order chi connectivity index (χ0) is 25.0. The van der Waals surface area contributed by atoms with E-state index in [4.69, 9.17) is 10.5 Å². The van der Waals surface area contributed by atoms with E-state index in [-0.39, 0.29) is 31.1 Å². The lowest BCUT2D eigenvalue weighted by Gasteiger charge is -2.44. The van der Waals surface area contributed by atoms with Crippen LogP contribution >= 0.6 is 0 Å². The monoisotopic (exact) mass is 489 g/mol. The summed E-state index contributed by atoms with van der Waals surface area (Å²) >= 11 is 0. The van der Waals surface area contributed by atoms with E-state index in [0.29, 0.717) is 19.4 Å². The highest BCUT2D eigenvalue weighted by molar-refractivity contribution is 5.98. The average molecular weight is 489 g/mol. The van der Waals surface area contributed by atoms with Crippen molar-refractivity contribution in [3.8, 4) is 0 Å². The van der Waals surface area contributed by atoms with E-state index in [1.54, 1.807) is 4.90 Å². The summed E-state index contributed by atoms with van der Waals surface area (Å²) < 4.78 is 83.0. The molecule has 3 N–H and O–H groups in total.